The molecule has 1 heterocycles. The maximum atomic E-state index is 6.09. The van der Waals surface area contributed by atoms with Gasteiger partial charge in [0.25, 0.3) is 0 Å². The molecule has 1 aromatic rings. The highest BCUT2D eigenvalue weighted by Crippen LogP contribution is 2.26. The quantitative estimate of drug-likeness (QED) is 0.887. The molecule has 0 saturated heterocycles. The van der Waals surface area contributed by atoms with Gasteiger partial charge in [-0.15, -0.1) is 0 Å². The van der Waals surface area contributed by atoms with E-state index >= 15 is 0 Å². The predicted octanol–water partition coefficient (Wildman–Crippen LogP) is 3.29. The number of hydrogen-bond donors (Lipinski definition) is 1. The minimum atomic E-state index is 0.112. The zero-order valence-corrected chi connectivity index (χ0v) is 11.7. The van der Waals surface area contributed by atoms with Crippen LogP contribution in [0.1, 0.15) is 52.0 Å². The number of pyridine rings is 1. The molecule has 0 amide bonds. The Morgan fingerprint density at radius 3 is 2.72 bits per heavy atom. The highest BCUT2D eigenvalue weighted by atomic mass is 16.5. The van der Waals surface area contributed by atoms with Gasteiger partial charge in [0, 0.05) is 30.0 Å². The maximum Gasteiger partial charge on any atom is 0.127 e. The SMILES string of the molecule is CC(C)(C)NCc1cnccc1OC1CCCC1. The molecule has 1 aromatic heterocycles. The standard InChI is InChI=1S/C15H24N2O/c1-15(2,3)17-11-12-10-16-9-8-14(12)18-13-6-4-5-7-13/h8-10,13,17H,4-7,11H2,1-3H3. The second-order valence-corrected chi connectivity index (χ2v) is 6.11. The maximum absolute atomic E-state index is 6.09. The van der Waals surface area contributed by atoms with Crippen LogP contribution in [0.3, 0.4) is 0 Å². The van der Waals surface area contributed by atoms with Crippen LogP contribution in [0.5, 0.6) is 5.75 Å². The van der Waals surface area contributed by atoms with E-state index in [2.05, 4.69) is 31.1 Å². The second-order valence-electron chi connectivity index (χ2n) is 6.11. The van der Waals surface area contributed by atoms with Crippen molar-refractivity contribution in [3.63, 3.8) is 0 Å². The van der Waals surface area contributed by atoms with E-state index in [1.165, 1.54) is 25.7 Å². The molecule has 1 saturated carbocycles. The fraction of sp³-hybridized carbons (Fsp3) is 0.667. The van der Waals surface area contributed by atoms with Crippen molar-refractivity contribution in [1.82, 2.24) is 10.3 Å². The first-order valence-corrected chi connectivity index (χ1v) is 6.89. The lowest BCUT2D eigenvalue weighted by molar-refractivity contribution is 0.207. The largest absolute Gasteiger partial charge is 0.490 e. The van der Waals surface area contributed by atoms with Crippen LogP contribution in [-0.4, -0.2) is 16.6 Å². The van der Waals surface area contributed by atoms with Crippen molar-refractivity contribution in [2.45, 2.75) is 64.6 Å². The van der Waals surface area contributed by atoms with Crippen molar-refractivity contribution in [3.05, 3.63) is 24.0 Å². The minimum Gasteiger partial charge on any atom is -0.490 e. The van der Waals surface area contributed by atoms with Gasteiger partial charge in [-0.05, 0) is 52.5 Å². The first-order valence-electron chi connectivity index (χ1n) is 6.89. The summed E-state index contributed by atoms with van der Waals surface area (Å²) < 4.78 is 6.09. The third kappa shape index (κ3) is 3.98. The van der Waals surface area contributed by atoms with E-state index in [0.717, 1.165) is 17.9 Å². The van der Waals surface area contributed by atoms with E-state index in [1.54, 1.807) is 0 Å². The molecule has 0 radical (unpaired) electrons. The summed E-state index contributed by atoms with van der Waals surface area (Å²) in [6.07, 6.45) is 9.09. The Morgan fingerprint density at radius 2 is 2.06 bits per heavy atom. The predicted molar refractivity (Wildman–Crippen MR) is 73.7 cm³/mol. The molecule has 0 aliphatic heterocycles. The van der Waals surface area contributed by atoms with E-state index in [9.17, 15) is 0 Å². The minimum absolute atomic E-state index is 0.112. The molecule has 3 nitrogen and oxygen atoms in total. The topological polar surface area (TPSA) is 34.2 Å². The Balaban J connectivity index is 2.00. The first-order chi connectivity index (χ1) is 8.54. The van der Waals surface area contributed by atoms with E-state index in [4.69, 9.17) is 4.74 Å². The first kappa shape index (κ1) is 13.3. The lowest BCUT2D eigenvalue weighted by Gasteiger charge is -2.22. The van der Waals surface area contributed by atoms with E-state index < -0.39 is 0 Å². The molecule has 1 fully saturated rings. The Morgan fingerprint density at radius 1 is 1.33 bits per heavy atom. The van der Waals surface area contributed by atoms with Gasteiger partial charge in [0.2, 0.25) is 0 Å². The van der Waals surface area contributed by atoms with Crippen molar-refractivity contribution >= 4 is 0 Å². The number of rotatable bonds is 4. The van der Waals surface area contributed by atoms with Crippen molar-refractivity contribution < 1.29 is 4.74 Å². The van der Waals surface area contributed by atoms with Crippen LogP contribution in [0.25, 0.3) is 0 Å². The summed E-state index contributed by atoms with van der Waals surface area (Å²) in [5, 5.41) is 3.48. The molecular formula is C15H24N2O. The molecule has 0 unspecified atom stereocenters. The van der Waals surface area contributed by atoms with Crippen molar-refractivity contribution in [2.24, 2.45) is 0 Å². The van der Waals surface area contributed by atoms with Crippen molar-refractivity contribution in [3.8, 4) is 5.75 Å². The summed E-state index contributed by atoms with van der Waals surface area (Å²) in [6, 6.07) is 1.98. The lowest BCUT2D eigenvalue weighted by atomic mass is 10.1. The summed E-state index contributed by atoms with van der Waals surface area (Å²) in [4.78, 5) is 4.20. The number of nitrogens with one attached hydrogen (secondary N) is 1. The van der Waals surface area contributed by atoms with Gasteiger partial charge in [-0.3, -0.25) is 4.98 Å². The second kappa shape index (κ2) is 5.70. The van der Waals surface area contributed by atoms with Crippen molar-refractivity contribution in [2.75, 3.05) is 0 Å². The summed E-state index contributed by atoms with van der Waals surface area (Å²) in [5.41, 5.74) is 1.26. The number of aromatic nitrogens is 1. The molecule has 0 atom stereocenters. The lowest BCUT2D eigenvalue weighted by Crippen LogP contribution is -2.35. The summed E-state index contributed by atoms with van der Waals surface area (Å²) in [7, 11) is 0. The fourth-order valence-electron chi connectivity index (χ4n) is 2.21. The molecule has 1 aliphatic rings. The van der Waals surface area contributed by atoms with Gasteiger partial charge < -0.3 is 10.1 Å². The zero-order chi connectivity index (χ0) is 13.0. The van der Waals surface area contributed by atoms with Crippen LogP contribution < -0.4 is 10.1 Å². The Hall–Kier alpha value is -1.09. The van der Waals surface area contributed by atoms with E-state index in [0.29, 0.717) is 6.10 Å². The van der Waals surface area contributed by atoms with Gasteiger partial charge in [0.05, 0.1) is 6.10 Å². The van der Waals surface area contributed by atoms with Gasteiger partial charge in [-0.25, -0.2) is 0 Å². The van der Waals surface area contributed by atoms with Crippen LogP contribution >= 0.6 is 0 Å². The zero-order valence-electron chi connectivity index (χ0n) is 11.7. The number of nitrogens with zero attached hydrogens (tertiary/aromatic N) is 1. The van der Waals surface area contributed by atoms with Gasteiger partial charge >= 0.3 is 0 Å². The van der Waals surface area contributed by atoms with Gasteiger partial charge in [-0.1, -0.05) is 0 Å². The Kier molecular flexibility index (Phi) is 4.23. The average Bonchev–Trinajstić information content (AvgIpc) is 2.80. The molecule has 0 aromatic carbocycles. The molecule has 0 spiro atoms. The highest BCUT2D eigenvalue weighted by molar-refractivity contribution is 5.30. The fourth-order valence-corrected chi connectivity index (χ4v) is 2.21. The smallest absolute Gasteiger partial charge is 0.127 e. The molecule has 1 aliphatic carbocycles. The number of ether oxygens (including phenoxy) is 1. The molecule has 0 bridgehead atoms. The normalized spacial score (nSPS) is 17.1. The molecule has 1 N–H and O–H groups in total. The number of hydrogen-bond acceptors (Lipinski definition) is 3. The Labute approximate surface area is 110 Å². The van der Waals surface area contributed by atoms with Gasteiger partial charge in [-0.2, -0.15) is 0 Å². The molecule has 2 rings (SSSR count). The summed E-state index contributed by atoms with van der Waals surface area (Å²) in [6.45, 7) is 7.31. The average molecular weight is 248 g/mol. The van der Waals surface area contributed by atoms with Gasteiger partial charge in [0.15, 0.2) is 0 Å². The van der Waals surface area contributed by atoms with Gasteiger partial charge in [0.1, 0.15) is 5.75 Å². The van der Waals surface area contributed by atoms with Crippen LogP contribution in [0.15, 0.2) is 18.5 Å². The molecular weight excluding hydrogens is 224 g/mol. The summed E-state index contributed by atoms with van der Waals surface area (Å²) in [5.74, 6) is 0.994. The molecule has 100 valence electrons. The highest BCUT2D eigenvalue weighted by Gasteiger charge is 2.18. The van der Waals surface area contributed by atoms with Crippen LogP contribution in [0, 0.1) is 0 Å². The molecule has 18 heavy (non-hydrogen) atoms. The third-order valence-electron chi connectivity index (χ3n) is 3.26. The Bertz CT molecular complexity index is 378. The van der Waals surface area contributed by atoms with Crippen LogP contribution in [0.4, 0.5) is 0 Å². The van der Waals surface area contributed by atoms with E-state index in [-0.39, 0.29) is 5.54 Å². The third-order valence-corrected chi connectivity index (χ3v) is 3.26. The van der Waals surface area contributed by atoms with E-state index in [1.807, 2.05) is 18.5 Å². The van der Waals surface area contributed by atoms with Crippen molar-refractivity contribution in [1.29, 1.82) is 0 Å². The summed E-state index contributed by atoms with van der Waals surface area (Å²) >= 11 is 0. The monoisotopic (exact) mass is 248 g/mol. The van der Waals surface area contributed by atoms with Crippen LogP contribution in [0.2, 0.25) is 0 Å². The van der Waals surface area contributed by atoms with Crippen LogP contribution in [-0.2, 0) is 6.54 Å². The molecule has 3 heteroatoms.